The average molecular weight is 481 g/mol. The maximum Gasteiger partial charge on any atom is 0.410 e. The predicted molar refractivity (Wildman–Crippen MR) is 125 cm³/mol. The van der Waals surface area contributed by atoms with Crippen molar-refractivity contribution in [1.82, 2.24) is 20.0 Å². The zero-order valence-corrected chi connectivity index (χ0v) is 21.1. The van der Waals surface area contributed by atoms with Gasteiger partial charge in [-0.15, -0.1) is 0 Å². The lowest BCUT2D eigenvalue weighted by molar-refractivity contribution is -0.169. The predicted octanol–water partition coefficient (Wildman–Crippen LogP) is 1.93. The second kappa shape index (κ2) is 11.4. The third kappa shape index (κ3) is 5.64. The molecule has 3 aliphatic heterocycles. The number of piperazine rings is 1. The summed E-state index contributed by atoms with van der Waals surface area (Å²) >= 11 is 0. The summed E-state index contributed by atoms with van der Waals surface area (Å²) in [6.07, 6.45) is 1.95. The van der Waals surface area contributed by atoms with Crippen LogP contribution in [0.2, 0.25) is 0 Å². The topological polar surface area (TPSA) is 108 Å². The average Bonchev–Trinajstić information content (AvgIpc) is 2.83. The Morgan fingerprint density at radius 3 is 2.06 bits per heavy atom. The molecule has 0 unspecified atom stereocenters. The van der Waals surface area contributed by atoms with Gasteiger partial charge in [-0.05, 0) is 50.1 Å². The van der Waals surface area contributed by atoms with Crippen LogP contribution in [-0.4, -0.2) is 97.2 Å². The Hall–Kier alpha value is -2.36. The van der Waals surface area contributed by atoms with Crippen LogP contribution in [0, 0.1) is 23.7 Å². The smallest absolute Gasteiger partial charge is 0.410 e. The molecule has 0 aliphatic carbocycles. The van der Waals surface area contributed by atoms with Crippen molar-refractivity contribution in [2.45, 2.75) is 59.1 Å². The number of nitrogens with zero attached hydrogens (tertiary/aromatic N) is 3. The number of hydrogen-bond acceptors (Lipinski definition) is 7. The first kappa shape index (κ1) is 26.2. The molecule has 0 aromatic carbocycles. The minimum Gasteiger partial charge on any atom is -0.467 e. The van der Waals surface area contributed by atoms with E-state index in [-0.39, 0.29) is 43.0 Å². The molecule has 1 N–H and O–H groups in total. The number of likely N-dealkylation sites (tertiary alicyclic amines) is 1. The van der Waals surface area contributed by atoms with Crippen LogP contribution in [0.15, 0.2) is 0 Å². The highest BCUT2D eigenvalue weighted by molar-refractivity contribution is 6.07. The molecule has 4 amide bonds. The fraction of sp³-hybridized carbons (Fsp3) is 0.833. The molecule has 0 saturated carbocycles. The van der Waals surface area contributed by atoms with Crippen LogP contribution >= 0.6 is 0 Å². The second-order valence-corrected chi connectivity index (χ2v) is 10.3. The van der Waals surface area contributed by atoms with Gasteiger partial charge in [0, 0.05) is 26.2 Å². The molecule has 192 valence electrons. The number of urea groups is 1. The first-order chi connectivity index (χ1) is 16.1. The molecule has 3 saturated heterocycles. The molecule has 0 aromatic heterocycles. The highest BCUT2D eigenvalue weighted by Crippen LogP contribution is 2.36. The molecule has 0 bridgehead atoms. The number of β-lactam (4-membered cyclic amide) rings is 1. The lowest BCUT2D eigenvalue weighted by Gasteiger charge is -2.47. The zero-order valence-electron chi connectivity index (χ0n) is 21.1. The van der Waals surface area contributed by atoms with E-state index >= 15 is 0 Å². The summed E-state index contributed by atoms with van der Waals surface area (Å²) in [5.41, 5.74) is 0. The number of rotatable bonds is 6. The monoisotopic (exact) mass is 480 g/mol. The Morgan fingerprint density at radius 2 is 1.53 bits per heavy atom. The van der Waals surface area contributed by atoms with Gasteiger partial charge in [0.05, 0.1) is 13.0 Å². The molecule has 34 heavy (non-hydrogen) atoms. The quantitative estimate of drug-likeness (QED) is 0.457. The van der Waals surface area contributed by atoms with Crippen LogP contribution < -0.4 is 5.32 Å². The standard InChI is InChI=1S/C24H40N4O6/c1-15(2)20(16(3)4)34-24(32)27-12-10-26(11-13-27)23(31)28-19(22(30)33-5)18(21(28)29)14-17-6-8-25-9-7-17/h15-20,25H,6-14H2,1-5H3/t18-,19+/m1/s1. The molecule has 0 radical (unpaired) electrons. The third-order valence-corrected chi connectivity index (χ3v) is 7.27. The van der Waals surface area contributed by atoms with Crippen LogP contribution in [0.4, 0.5) is 9.59 Å². The zero-order chi connectivity index (χ0) is 25.0. The van der Waals surface area contributed by atoms with Gasteiger partial charge < -0.3 is 24.6 Å². The number of nitrogens with one attached hydrogen (secondary N) is 1. The number of carbonyl (C=O) groups is 4. The SMILES string of the molecule is COC(=O)[C@@H]1[C@@H](CC2CCNCC2)C(=O)N1C(=O)N1CCN(C(=O)OC(C(C)C)C(C)C)CC1. The third-order valence-electron chi connectivity index (χ3n) is 7.27. The van der Waals surface area contributed by atoms with E-state index < -0.39 is 24.0 Å². The number of ether oxygens (including phenoxy) is 2. The highest BCUT2D eigenvalue weighted by Gasteiger charge is 2.56. The van der Waals surface area contributed by atoms with Gasteiger partial charge in [-0.1, -0.05) is 27.7 Å². The van der Waals surface area contributed by atoms with Gasteiger partial charge >= 0.3 is 18.1 Å². The maximum absolute atomic E-state index is 13.2. The van der Waals surface area contributed by atoms with Gasteiger partial charge in [0.15, 0.2) is 6.04 Å². The number of piperidine rings is 1. The Morgan fingerprint density at radius 1 is 0.971 bits per heavy atom. The number of methoxy groups -OCH3 is 1. The first-order valence-corrected chi connectivity index (χ1v) is 12.5. The number of carbonyl (C=O) groups excluding carboxylic acids is 4. The molecule has 10 nitrogen and oxygen atoms in total. The van der Waals surface area contributed by atoms with Gasteiger partial charge in [-0.2, -0.15) is 0 Å². The Bertz CT molecular complexity index is 751. The normalized spacial score (nSPS) is 24.0. The molecule has 2 atom stereocenters. The minimum atomic E-state index is -0.874. The van der Waals surface area contributed by atoms with Crippen LogP contribution in [0.5, 0.6) is 0 Å². The Labute approximate surface area is 202 Å². The van der Waals surface area contributed by atoms with Crippen molar-refractivity contribution in [3.8, 4) is 0 Å². The van der Waals surface area contributed by atoms with Crippen molar-refractivity contribution in [2.75, 3.05) is 46.4 Å². The summed E-state index contributed by atoms with van der Waals surface area (Å²) in [5, 5.41) is 3.30. The molecule has 10 heteroatoms. The molecular formula is C24H40N4O6. The fourth-order valence-corrected chi connectivity index (χ4v) is 5.32. The van der Waals surface area contributed by atoms with Crippen molar-refractivity contribution in [2.24, 2.45) is 23.7 Å². The Balaban J connectivity index is 1.57. The number of hydrogen-bond donors (Lipinski definition) is 1. The lowest BCUT2D eigenvalue weighted by atomic mass is 9.78. The minimum absolute atomic E-state index is 0.177. The largest absolute Gasteiger partial charge is 0.467 e. The fourth-order valence-electron chi connectivity index (χ4n) is 5.32. The van der Waals surface area contributed by atoms with E-state index in [0.29, 0.717) is 25.4 Å². The molecule has 3 aliphatic rings. The molecule has 0 aromatic rings. The molecule has 0 spiro atoms. The molecule has 3 rings (SSSR count). The van der Waals surface area contributed by atoms with Crippen LogP contribution in [0.25, 0.3) is 0 Å². The van der Waals surface area contributed by atoms with Gasteiger partial charge in [-0.25, -0.2) is 19.3 Å². The first-order valence-electron chi connectivity index (χ1n) is 12.5. The van der Waals surface area contributed by atoms with Crippen LogP contribution in [0.1, 0.15) is 47.0 Å². The Kier molecular flexibility index (Phi) is 8.78. The van der Waals surface area contributed by atoms with Gasteiger partial charge in [0.25, 0.3) is 0 Å². The van der Waals surface area contributed by atoms with Crippen molar-refractivity contribution in [3.05, 3.63) is 0 Å². The van der Waals surface area contributed by atoms with E-state index in [9.17, 15) is 19.2 Å². The van der Waals surface area contributed by atoms with Crippen molar-refractivity contribution in [1.29, 1.82) is 0 Å². The summed E-state index contributed by atoms with van der Waals surface area (Å²) in [6, 6.07) is -1.36. The highest BCUT2D eigenvalue weighted by atomic mass is 16.6. The maximum atomic E-state index is 13.2. The molecular weight excluding hydrogens is 440 g/mol. The van der Waals surface area contributed by atoms with E-state index in [2.05, 4.69) is 5.32 Å². The van der Waals surface area contributed by atoms with Gasteiger partial charge in [-0.3, -0.25) is 4.79 Å². The van der Waals surface area contributed by atoms with E-state index in [1.165, 1.54) is 12.0 Å². The van der Waals surface area contributed by atoms with Crippen molar-refractivity contribution >= 4 is 24.0 Å². The van der Waals surface area contributed by atoms with Gasteiger partial charge in [0.2, 0.25) is 5.91 Å². The van der Waals surface area contributed by atoms with Crippen LogP contribution in [-0.2, 0) is 19.1 Å². The summed E-state index contributed by atoms with van der Waals surface area (Å²) in [4.78, 5) is 55.4. The second-order valence-electron chi connectivity index (χ2n) is 10.3. The summed E-state index contributed by atoms with van der Waals surface area (Å²) in [6.45, 7) is 11.1. The lowest BCUT2D eigenvalue weighted by Crippen LogP contribution is -2.70. The van der Waals surface area contributed by atoms with E-state index in [1.807, 2.05) is 27.7 Å². The number of esters is 1. The summed E-state index contributed by atoms with van der Waals surface area (Å²) in [7, 11) is 1.28. The van der Waals surface area contributed by atoms with Crippen LogP contribution in [0.3, 0.4) is 0 Å². The number of imide groups is 1. The molecule has 3 fully saturated rings. The number of amides is 4. The van der Waals surface area contributed by atoms with E-state index in [0.717, 1.165) is 30.8 Å². The van der Waals surface area contributed by atoms with E-state index in [4.69, 9.17) is 9.47 Å². The van der Waals surface area contributed by atoms with Crippen molar-refractivity contribution < 1.29 is 28.7 Å². The van der Waals surface area contributed by atoms with Crippen molar-refractivity contribution in [3.63, 3.8) is 0 Å². The summed E-state index contributed by atoms with van der Waals surface area (Å²) < 4.78 is 10.6. The molecule has 3 heterocycles. The summed E-state index contributed by atoms with van der Waals surface area (Å²) in [5.74, 6) is -0.607. The van der Waals surface area contributed by atoms with E-state index in [1.54, 1.807) is 4.90 Å². The van der Waals surface area contributed by atoms with Gasteiger partial charge in [0.1, 0.15) is 6.10 Å².